The van der Waals surface area contributed by atoms with Crippen molar-refractivity contribution in [1.29, 1.82) is 0 Å². The first kappa shape index (κ1) is 14.3. The van der Waals surface area contributed by atoms with Gasteiger partial charge in [0.15, 0.2) is 0 Å². The molecule has 0 bridgehead atoms. The molecule has 0 amide bonds. The highest BCUT2D eigenvalue weighted by Crippen LogP contribution is 2.35. The van der Waals surface area contributed by atoms with Crippen LogP contribution in [0.2, 0.25) is 0 Å². The van der Waals surface area contributed by atoms with Gasteiger partial charge >= 0.3 is 0 Å². The van der Waals surface area contributed by atoms with Crippen molar-refractivity contribution in [2.45, 2.75) is 45.4 Å². The van der Waals surface area contributed by atoms with Gasteiger partial charge in [-0.2, -0.15) is 0 Å². The van der Waals surface area contributed by atoms with E-state index in [4.69, 9.17) is 4.74 Å². The van der Waals surface area contributed by atoms with Crippen LogP contribution in [0.4, 0.5) is 0 Å². The second-order valence-electron chi connectivity index (χ2n) is 6.13. The average molecular weight is 254 g/mol. The second kappa shape index (κ2) is 7.46. The Bertz CT molecular complexity index is 221. The molecule has 0 aromatic carbocycles. The first-order valence-corrected chi connectivity index (χ1v) is 7.85. The summed E-state index contributed by atoms with van der Waals surface area (Å²) < 4.78 is 5.70. The first-order chi connectivity index (χ1) is 8.85. The molecule has 0 radical (unpaired) electrons. The van der Waals surface area contributed by atoms with Gasteiger partial charge in [0.1, 0.15) is 0 Å². The molecule has 0 aliphatic carbocycles. The molecule has 2 heterocycles. The van der Waals surface area contributed by atoms with Crippen LogP contribution in [-0.4, -0.2) is 50.8 Å². The Morgan fingerprint density at radius 2 is 2.11 bits per heavy atom. The van der Waals surface area contributed by atoms with Crippen molar-refractivity contribution >= 4 is 0 Å². The number of likely N-dealkylation sites (tertiary alicyclic amines) is 1. The third-order valence-electron chi connectivity index (χ3n) is 4.50. The Morgan fingerprint density at radius 1 is 1.22 bits per heavy atom. The van der Waals surface area contributed by atoms with Crippen molar-refractivity contribution in [3.8, 4) is 0 Å². The molecule has 2 saturated heterocycles. The lowest BCUT2D eigenvalue weighted by atomic mass is 9.74. The van der Waals surface area contributed by atoms with Crippen LogP contribution >= 0.6 is 0 Å². The summed E-state index contributed by atoms with van der Waals surface area (Å²) in [5.74, 6) is 0. The Hall–Kier alpha value is -0.120. The quantitative estimate of drug-likeness (QED) is 0.736. The van der Waals surface area contributed by atoms with E-state index >= 15 is 0 Å². The topological polar surface area (TPSA) is 24.5 Å². The number of hydrogen-bond acceptors (Lipinski definition) is 3. The summed E-state index contributed by atoms with van der Waals surface area (Å²) in [7, 11) is 0. The van der Waals surface area contributed by atoms with Gasteiger partial charge < -0.3 is 15.0 Å². The summed E-state index contributed by atoms with van der Waals surface area (Å²) in [4.78, 5) is 2.63. The zero-order chi connectivity index (χ0) is 12.7. The molecule has 1 spiro atoms. The molecule has 106 valence electrons. The molecule has 3 heteroatoms. The highest BCUT2D eigenvalue weighted by molar-refractivity contribution is 4.91. The Labute approximate surface area is 112 Å². The largest absolute Gasteiger partial charge is 0.380 e. The van der Waals surface area contributed by atoms with Gasteiger partial charge in [-0.05, 0) is 50.6 Å². The molecule has 3 nitrogen and oxygen atoms in total. The number of nitrogens with zero attached hydrogens (tertiary/aromatic N) is 1. The third-order valence-corrected chi connectivity index (χ3v) is 4.50. The van der Waals surface area contributed by atoms with Crippen molar-refractivity contribution in [2.24, 2.45) is 5.41 Å². The maximum Gasteiger partial charge on any atom is 0.0593 e. The molecule has 0 aromatic rings. The van der Waals surface area contributed by atoms with E-state index < -0.39 is 0 Å². The summed E-state index contributed by atoms with van der Waals surface area (Å²) in [6.45, 7) is 10.2. The van der Waals surface area contributed by atoms with Crippen molar-refractivity contribution < 1.29 is 4.74 Å². The molecule has 2 aliphatic heterocycles. The van der Waals surface area contributed by atoms with Crippen LogP contribution < -0.4 is 5.32 Å². The van der Waals surface area contributed by atoms with Gasteiger partial charge in [0.2, 0.25) is 0 Å². The molecule has 18 heavy (non-hydrogen) atoms. The Kier molecular flexibility index (Phi) is 5.93. The highest BCUT2D eigenvalue weighted by atomic mass is 16.5. The summed E-state index contributed by atoms with van der Waals surface area (Å²) in [5.41, 5.74) is 0.583. The predicted octanol–water partition coefficient (Wildman–Crippen LogP) is 2.27. The lowest BCUT2D eigenvalue weighted by molar-refractivity contribution is 0.0374. The molecule has 2 rings (SSSR count). The fourth-order valence-corrected chi connectivity index (χ4v) is 3.42. The second-order valence-corrected chi connectivity index (χ2v) is 6.13. The summed E-state index contributed by atoms with van der Waals surface area (Å²) in [6.07, 6.45) is 8.02. The Morgan fingerprint density at radius 3 is 2.89 bits per heavy atom. The SMILES string of the molecule is CCCCOCCN1CCCC2(CCCNC2)C1. The third kappa shape index (κ3) is 4.22. The minimum absolute atomic E-state index is 0.583. The van der Waals surface area contributed by atoms with E-state index in [0.29, 0.717) is 5.41 Å². The van der Waals surface area contributed by atoms with Crippen LogP contribution in [0, 0.1) is 5.41 Å². The van der Waals surface area contributed by atoms with Crippen LogP contribution in [0.5, 0.6) is 0 Å². The number of nitrogens with one attached hydrogen (secondary N) is 1. The number of unbranched alkanes of at least 4 members (excludes halogenated alkanes) is 1. The number of rotatable bonds is 6. The number of ether oxygens (including phenoxy) is 1. The van der Waals surface area contributed by atoms with E-state index in [-0.39, 0.29) is 0 Å². The van der Waals surface area contributed by atoms with Crippen molar-refractivity contribution in [3.05, 3.63) is 0 Å². The number of piperidine rings is 2. The van der Waals surface area contributed by atoms with E-state index in [9.17, 15) is 0 Å². The fourth-order valence-electron chi connectivity index (χ4n) is 3.42. The molecule has 1 unspecified atom stereocenters. The van der Waals surface area contributed by atoms with Crippen molar-refractivity contribution in [3.63, 3.8) is 0 Å². The first-order valence-electron chi connectivity index (χ1n) is 7.85. The average Bonchev–Trinajstić information content (AvgIpc) is 2.40. The highest BCUT2D eigenvalue weighted by Gasteiger charge is 2.36. The van der Waals surface area contributed by atoms with Gasteiger partial charge in [-0.3, -0.25) is 0 Å². The van der Waals surface area contributed by atoms with Gasteiger partial charge in [0, 0.05) is 26.2 Å². The zero-order valence-electron chi connectivity index (χ0n) is 12.0. The lowest BCUT2D eigenvalue weighted by Gasteiger charge is -2.45. The summed E-state index contributed by atoms with van der Waals surface area (Å²) >= 11 is 0. The van der Waals surface area contributed by atoms with E-state index in [1.807, 2.05) is 0 Å². The minimum Gasteiger partial charge on any atom is -0.380 e. The smallest absolute Gasteiger partial charge is 0.0593 e. The van der Waals surface area contributed by atoms with Crippen LogP contribution in [0.1, 0.15) is 45.4 Å². The van der Waals surface area contributed by atoms with Gasteiger partial charge in [-0.1, -0.05) is 13.3 Å². The maximum atomic E-state index is 5.70. The monoisotopic (exact) mass is 254 g/mol. The van der Waals surface area contributed by atoms with Crippen molar-refractivity contribution in [2.75, 3.05) is 45.9 Å². The standard InChI is InChI=1S/C15H30N2O/c1-2-3-11-18-12-10-17-9-5-7-15(14-17)6-4-8-16-13-15/h16H,2-14H2,1H3. The van der Waals surface area contributed by atoms with E-state index in [1.165, 1.54) is 64.7 Å². The molecule has 2 aliphatic rings. The summed E-state index contributed by atoms with van der Waals surface area (Å²) in [6, 6.07) is 0. The van der Waals surface area contributed by atoms with Gasteiger partial charge in [-0.25, -0.2) is 0 Å². The molecule has 1 atom stereocenters. The van der Waals surface area contributed by atoms with Crippen LogP contribution in [0.3, 0.4) is 0 Å². The molecular weight excluding hydrogens is 224 g/mol. The maximum absolute atomic E-state index is 5.70. The van der Waals surface area contributed by atoms with Gasteiger partial charge in [0.25, 0.3) is 0 Å². The van der Waals surface area contributed by atoms with Crippen LogP contribution in [0.25, 0.3) is 0 Å². The minimum atomic E-state index is 0.583. The van der Waals surface area contributed by atoms with Crippen molar-refractivity contribution in [1.82, 2.24) is 10.2 Å². The Balaban J connectivity index is 1.66. The van der Waals surface area contributed by atoms with E-state index in [2.05, 4.69) is 17.1 Å². The molecule has 0 saturated carbocycles. The van der Waals surface area contributed by atoms with Crippen LogP contribution in [0.15, 0.2) is 0 Å². The molecule has 0 aromatic heterocycles. The van der Waals surface area contributed by atoms with Gasteiger partial charge in [0.05, 0.1) is 6.61 Å². The van der Waals surface area contributed by atoms with E-state index in [0.717, 1.165) is 19.8 Å². The van der Waals surface area contributed by atoms with Crippen LogP contribution in [-0.2, 0) is 4.74 Å². The molecule has 1 N–H and O–H groups in total. The lowest BCUT2D eigenvalue weighted by Crippen LogP contribution is -2.51. The molecule has 2 fully saturated rings. The van der Waals surface area contributed by atoms with Gasteiger partial charge in [-0.15, -0.1) is 0 Å². The van der Waals surface area contributed by atoms with E-state index in [1.54, 1.807) is 0 Å². The normalized spacial score (nSPS) is 29.8. The predicted molar refractivity (Wildman–Crippen MR) is 75.9 cm³/mol. The zero-order valence-corrected chi connectivity index (χ0v) is 12.0. The number of hydrogen-bond donors (Lipinski definition) is 1. The molecular formula is C15H30N2O. The fraction of sp³-hybridized carbons (Fsp3) is 1.00. The summed E-state index contributed by atoms with van der Waals surface area (Å²) in [5, 5.41) is 3.59.